The third-order valence-corrected chi connectivity index (χ3v) is 6.57. The van der Waals surface area contributed by atoms with Gasteiger partial charge in [0.25, 0.3) is 15.9 Å². The first-order valence-corrected chi connectivity index (χ1v) is 12.2. The molecule has 10 heteroatoms. The van der Waals surface area contributed by atoms with Gasteiger partial charge in [0.15, 0.2) is 0 Å². The zero-order valence-corrected chi connectivity index (χ0v) is 19.7. The number of ether oxygens (including phenoxy) is 1. The second-order valence-corrected chi connectivity index (χ2v) is 9.30. The summed E-state index contributed by atoms with van der Waals surface area (Å²) in [7, 11) is -3.95. The first-order chi connectivity index (χ1) is 16.4. The number of anilines is 2. The summed E-state index contributed by atoms with van der Waals surface area (Å²) >= 11 is 6.21. The van der Waals surface area contributed by atoms with E-state index in [4.69, 9.17) is 16.3 Å². The van der Waals surface area contributed by atoms with Gasteiger partial charge in [0.1, 0.15) is 5.75 Å². The third kappa shape index (κ3) is 5.38. The molecule has 0 aliphatic heterocycles. The zero-order chi connectivity index (χ0) is 24.1. The minimum absolute atomic E-state index is 0.0360. The molecule has 0 saturated heterocycles. The summed E-state index contributed by atoms with van der Waals surface area (Å²) < 4.78 is 33.6. The minimum atomic E-state index is -3.95. The monoisotopic (exact) mass is 496 g/mol. The number of H-pyrrole nitrogens is 1. The molecule has 4 rings (SSSR count). The number of hydrogen-bond acceptors (Lipinski definition) is 5. The van der Waals surface area contributed by atoms with Gasteiger partial charge in [-0.2, -0.15) is 5.10 Å². The topological polar surface area (TPSA) is 113 Å². The summed E-state index contributed by atoms with van der Waals surface area (Å²) in [5.41, 5.74) is 2.68. The summed E-state index contributed by atoms with van der Waals surface area (Å²) in [6, 6.07) is 19.4. The predicted octanol–water partition coefficient (Wildman–Crippen LogP) is 5.18. The van der Waals surface area contributed by atoms with Crippen LogP contribution in [0.4, 0.5) is 11.4 Å². The smallest absolute Gasteiger partial charge is 0.261 e. The molecular formula is C24H21ClN4O4S. The van der Waals surface area contributed by atoms with Gasteiger partial charge in [-0.3, -0.25) is 14.6 Å². The Morgan fingerprint density at radius 1 is 1.00 bits per heavy atom. The van der Waals surface area contributed by atoms with E-state index >= 15 is 0 Å². The number of aromatic amines is 1. The number of aromatic nitrogens is 2. The lowest BCUT2D eigenvalue weighted by Gasteiger charge is -2.12. The highest BCUT2D eigenvalue weighted by atomic mass is 35.5. The van der Waals surface area contributed by atoms with Gasteiger partial charge in [0, 0.05) is 17.6 Å². The van der Waals surface area contributed by atoms with E-state index in [-0.39, 0.29) is 15.5 Å². The average Bonchev–Trinajstić information content (AvgIpc) is 3.36. The van der Waals surface area contributed by atoms with Gasteiger partial charge < -0.3 is 10.1 Å². The standard InChI is InChI=1S/C24H21ClN4O4S/c1-2-33-19-9-7-18(8-10-19)29-34(31,32)20-11-12-22(25)21(15-20)24(30)27-17-5-3-16(4-6-17)23-13-14-26-28-23/h3-15,29H,2H2,1H3,(H,26,28)(H,27,30). The van der Waals surface area contributed by atoms with Crippen molar-refractivity contribution in [2.75, 3.05) is 16.6 Å². The van der Waals surface area contributed by atoms with Gasteiger partial charge in [-0.1, -0.05) is 23.7 Å². The molecular weight excluding hydrogens is 476 g/mol. The van der Waals surface area contributed by atoms with Gasteiger partial charge in [-0.15, -0.1) is 0 Å². The van der Waals surface area contributed by atoms with Crippen molar-refractivity contribution >= 4 is 38.9 Å². The van der Waals surface area contributed by atoms with E-state index in [1.165, 1.54) is 18.2 Å². The summed E-state index contributed by atoms with van der Waals surface area (Å²) in [5, 5.41) is 9.66. The first kappa shape index (κ1) is 23.3. The Morgan fingerprint density at radius 2 is 1.71 bits per heavy atom. The SMILES string of the molecule is CCOc1ccc(NS(=O)(=O)c2ccc(Cl)c(C(=O)Nc3ccc(-c4ccn[nH]4)cc3)c2)cc1. The maximum absolute atomic E-state index is 12.9. The molecule has 0 fully saturated rings. The summed E-state index contributed by atoms with van der Waals surface area (Å²) in [4.78, 5) is 12.8. The van der Waals surface area contributed by atoms with Gasteiger partial charge in [0.2, 0.25) is 0 Å². The molecule has 3 aromatic carbocycles. The second kappa shape index (κ2) is 9.98. The van der Waals surface area contributed by atoms with E-state index in [1.807, 2.05) is 25.1 Å². The molecule has 34 heavy (non-hydrogen) atoms. The molecule has 1 aromatic heterocycles. The molecule has 3 N–H and O–H groups in total. The molecule has 0 bridgehead atoms. The van der Waals surface area contributed by atoms with Gasteiger partial charge >= 0.3 is 0 Å². The Kier molecular flexibility index (Phi) is 6.85. The maximum atomic E-state index is 12.9. The van der Waals surface area contributed by atoms with Gasteiger partial charge in [-0.05, 0) is 73.2 Å². The number of sulfonamides is 1. The van der Waals surface area contributed by atoms with Crippen LogP contribution in [0.25, 0.3) is 11.3 Å². The number of carbonyl (C=O) groups is 1. The van der Waals surface area contributed by atoms with Crippen LogP contribution in [-0.4, -0.2) is 31.1 Å². The predicted molar refractivity (Wildman–Crippen MR) is 132 cm³/mol. The molecule has 1 amide bonds. The molecule has 0 unspecified atom stereocenters. The first-order valence-electron chi connectivity index (χ1n) is 10.3. The van der Waals surface area contributed by atoms with Crippen LogP contribution in [0.15, 0.2) is 83.9 Å². The maximum Gasteiger partial charge on any atom is 0.261 e. The van der Waals surface area contributed by atoms with Crippen molar-refractivity contribution in [3.63, 3.8) is 0 Å². The van der Waals surface area contributed by atoms with Crippen LogP contribution in [-0.2, 0) is 10.0 Å². The highest BCUT2D eigenvalue weighted by Crippen LogP contribution is 2.25. The fourth-order valence-electron chi connectivity index (χ4n) is 3.19. The van der Waals surface area contributed by atoms with Crippen molar-refractivity contribution in [1.82, 2.24) is 10.2 Å². The van der Waals surface area contributed by atoms with E-state index in [0.717, 1.165) is 11.3 Å². The zero-order valence-electron chi connectivity index (χ0n) is 18.1. The fourth-order valence-corrected chi connectivity index (χ4v) is 4.48. The van der Waals surface area contributed by atoms with Gasteiger partial charge in [0.05, 0.1) is 27.8 Å². The molecule has 0 aliphatic rings. The van der Waals surface area contributed by atoms with Crippen LogP contribution >= 0.6 is 11.6 Å². The van der Waals surface area contributed by atoms with Crippen LogP contribution < -0.4 is 14.8 Å². The summed E-state index contributed by atoms with van der Waals surface area (Å²) in [6.07, 6.45) is 1.65. The lowest BCUT2D eigenvalue weighted by atomic mass is 10.1. The normalized spacial score (nSPS) is 11.1. The lowest BCUT2D eigenvalue weighted by Crippen LogP contribution is -2.16. The number of rotatable bonds is 8. The summed E-state index contributed by atoms with van der Waals surface area (Å²) in [6.45, 7) is 2.37. The number of halogens is 1. The van der Waals surface area contributed by atoms with Crippen molar-refractivity contribution in [3.05, 3.63) is 89.6 Å². The lowest BCUT2D eigenvalue weighted by molar-refractivity contribution is 0.102. The van der Waals surface area contributed by atoms with Crippen LogP contribution in [0.2, 0.25) is 5.02 Å². The molecule has 0 atom stereocenters. The largest absolute Gasteiger partial charge is 0.494 e. The molecule has 0 aliphatic carbocycles. The van der Waals surface area contributed by atoms with Gasteiger partial charge in [-0.25, -0.2) is 8.42 Å². The number of benzene rings is 3. The van der Waals surface area contributed by atoms with E-state index in [0.29, 0.717) is 23.7 Å². The van der Waals surface area contributed by atoms with Crippen molar-refractivity contribution in [1.29, 1.82) is 0 Å². The number of hydrogen-bond donors (Lipinski definition) is 3. The van der Waals surface area contributed by atoms with E-state index in [9.17, 15) is 13.2 Å². The molecule has 8 nitrogen and oxygen atoms in total. The van der Waals surface area contributed by atoms with Crippen LogP contribution in [0.1, 0.15) is 17.3 Å². The molecule has 0 radical (unpaired) electrons. The minimum Gasteiger partial charge on any atom is -0.494 e. The van der Waals surface area contributed by atoms with E-state index in [1.54, 1.807) is 42.6 Å². The quantitative estimate of drug-likeness (QED) is 0.311. The molecule has 1 heterocycles. The second-order valence-electron chi connectivity index (χ2n) is 7.21. The Morgan fingerprint density at radius 3 is 2.35 bits per heavy atom. The Bertz CT molecular complexity index is 1390. The Balaban J connectivity index is 1.51. The number of carbonyl (C=O) groups excluding carboxylic acids is 1. The Labute approximate surface area is 202 Å². The Hall–Kier alpha value is -3.82. The summed E-state index contributed by atoms with van der Waals surface area (Å²) in [5.74, 6) is 0.103. The van der Waals surface area contributed by atoms with Crippen molar-refractivity contribution in [3.8, 4) is 17.0 Å². The molecule has 4 aromatic rings. The van der Waals surface area contributed by atoms with E-state index in [2.05, 4.69) is 20.2 Å². The van der Waals surface area contributed by atoms with Crippen LogP contribution in [0.3, 0.4) is 0 Å². The number of nitrogens with one attached hydrogen (secondary N) is 3. The molecule has 0 spiro atoms. The number of nitrogens with zero attached hydrogens (tertiary/aromatic N) is 1. The number of amides is 1. The average molecular weight is 497 g/mol. The highest BCUT2D eigenvalue weighted by molar-refractivity contribution is 7.92. The highest BCUT2D eigenvalue weighted by Gasteiger charge is 2.19. The fraction of sp³-hybridized carbons (Fsp3) is 0.0833. The van der Waals surface area contributed by atoms with Crippen molar-refractivity contribution < 1.29 is 17.9 Å². The van der Waals surface area contributed by atoms with Crippen molar-refractivity contribution in [2.24, 2.45) is 0 Å². The van der Waals surface area contributed by atoms with Crippen LogP contribution in [0.5, 0.6) is 5.75 Å². The molecule has 174 valence electrons. The van der Waals surface area contributed by atoms with E-state index < -0.39 is 15.9 Å². The third-order valence-electron chi connectivity index (χ3n) is 4.86. The van der Waals surface area contributed by atoms with Crippen molar-refractivity contribution in [2.45, 2.75) is 11.8 Å². The molecule has 0 saturated carbocycles. The van der Waals surface area contributed by atoms with Crippen LogP contribution in [0, 0.1) is 0 Å².